The highest BCUT2D eigenvalue weighted by atomic mass is 16.5. The van der Waals surface area contributed by atoms with Crippen molar-refractivity contribution in [3.8, 4) is 0 Å². The molecule has 0 bridgehead atoms. The smallest absolute Gasteiger partial charge is 0.330 e. The quantitative estimate of drug-likeness (QED) is 0.478. The number of benzene rings is 2. The third-order valence-electron chi connectivity index (χ3n) is 2.80. The first-order chi connectivity index (χ1) is 9.26. The molecule has 0 aliphatic heterocycles. The van der Waals surface area contributed by atoms with Gasteiger partial charge in [0.15, 0.2) is 6.29 Å². The zero-order valence-corrected chi connectivity index (χ0v) is 10.6. The van der Waals surface area contributed by atoms with Gasteiger partial charge in [0.2, 0.25) is 0 Å². The van der Waals surface area contributed by atoms with E-state index < -0.39 is 5.97 Å². The van der Waals surface area contributed by atoms with Crippen LogP contribution in [0.2, 0.25) is 0 Å². The molecule has 0 atom stereocenters. The van der Waals surface area contributed by atoms with Crippen LogP contribution in [0.15, 0.2) is 42.5 Å². The van der Waals surface area contributed by atoms with Gasteiger partial charge in [-0.3, -0.25) is 4.79 Å². The third-order valence-corrected chi connectivity index (χ3v) is 2.80. The minimum atomic E-state index is -0.410. The number of ether oxygens (including phenoxy) is 1. The molecule has 0 heterocycles. The number of hydrogen-bond acceptors (Lipinski definition) is 3. The molecule has 0 aliphatic carbocycles. The van der Waals surface area contributed by atoms with Crippen molar-refractivity contribution in [3.05, 3.63) is 53.6 Å². The van der Waals surface area contributed by atoms with Gasteiger partial charge in [-0.1, -0.05) is 36.4 Å². The minimum absolute atomic E-state index is 0.333. The maximum absolute atomic E-state index is 11.4. The summed E-state index contributed by atoms with van der Waals surface area (Å²) in [5.41, 5.74) is 1.29. The van der Waals surface area contributed by atoms with E-state index in [2.05, 4.69) is 0 Å². The summed E-state index contributed by atoms with van der Waals surface area (Å²) in [7, 11) is 0. The molecule has 3 heteroatoms. The van der Waals surface area contributed by atoms with Gasteiger partial charge in [-0.05, 0) is 29.3 Å². The second-order valence-electron chi connectivity index (χ2n) is 3.99. The van der Waals surface area contributed by atoms with Gasteiger partial charge < -0.3 is 4.74 Å². The Morgan fingerprint density at radius 2 is 2.00 bits per heavy atom. The maximum atomic E-state index is 11.4. The number of hydrogen-bond donors (Lipinski definition) is 0. The summed E-state index contributed by atoms with van der Waals surface area (Å²) in [6.07, 6.45) is 3.76. The summed E-state index contributed by atoms with van der Waals surface area (Å²) in [6, 6.07) is 11.4. The standard InChI is InChI=1S/C16H14O3/c1-2-19-16(18)10-9-15-13(11-17)8-7-12-5-3-4-6-14(12)15/h3-11H,2H2,1H3. The van der Waals surface area contributed by atoms with Crippen LogP contribution in [0, 0.1) is 0 Å². The van der Waals surface area contributed by atoms with E-state index in [0.29, 0.717) is 12.2 Å². The fourth-order valence-electron chi connectivity index (χ4n) is 1.94. The first-order valence-corrected chi connectivity index (χ1v) is 6.08. The predicted octanol–water partition coefficient (Wildman–Crippen LogP) is 3.23. The molecule has 96 valence electrons. The van der Waals surface area contributed by atoms with E-state index in [9.17, 15) is 9.59 Å². The molecular formula is C16H14O3. The lowest BCUT2D eigenvalue weighted by Crippen LogP contribution is -1.99. The molecule has 0 amide bonds. The largest absolute Gasteiger partial charge is 0.463 e. The Morgan fingerprint density at radius 1 is 1.21 bits per heavy atom. The first-order valence-electron chi connectivity index (χ1n) is 6.08. The fourth-order valence-corrected chi connectivity index (χ4v) is 1.94. The average molecular weight is 254 g/mol. The Balaban J connectivity index is 2.50. The molecule has 3 nitrogen and oxygen atoms in total. The van der Waals surface area contributed by atoms with Crippen molar-refractivity contribution in [2.75, 3.05) is 6.61 Å². The zero-order chi connectivity index (χ0) is 13.7. The molecule has 0 spiro atoms. The monoisotopic (exact) mass is 254 g/mol. The van der Waals surface area contributed by atoms with Gasteiger partial charge in [0.05, 0.1) is 6.61 Å². The fraction of sp³-hybridized carbons (Fsp3) is 0.125. The van der Waals surface area contributed by atoms with Crippen molar-refractivity contribution >= 4 is 29.1 Å². The average Bonchev–Trinajstić information content (AvgIpc) is 2.44. The summed E-state index contributed by atoms with van der Waals surface area (Å²) in [6.45, 7) is 2.08. The topological polar surface area (TPSA) is 43.4 Å². The Kier molecular flexibility index (Phi) is 4.08. The summed E-state index contributed by atoms with van der Waals surface area (Å²) in [4.78, 5) is 22.4. The van der Waals surface area contributed by atoms with E-state index in [1.807, 2.05) is 30.3 Å². The van der Waals surface area contributed by atoms with E-state index >= 15 is 0 Å². The van der Waals surface area contributed by atoms with Crippen LogP contribution in [0.3, 0.4) is 0 Å². The van der Waals surface area contributed by atoms with E-state index in [1.165, 1.54) is 6.08 Å². The number of fused-ring (bicyclic) bond motifs is 1. The summed E-state index contributed by atoms with van der Waals surface area (Å²) in [5, 5.41) is 1.96. The van der Waals surface area contributed by atoms with Crippen molar-refractivity contribution in [1.29, 1.82) is 0 Å². The van der Waals surface area contributed by atoms with Crippen LogP contribution in [0.4, 0.5) is 0 Å². The van der Waals surface area contributed by atoms with Crippen LogP contribution >= 0.6 is 0 Å². The number of rotatable bonds is 4. The molecule has 0 unspecified atom stereocenters. The molecule has 0 radical (unpaired) electrons. The van der Waals surface area contributed by atoms with E-state index in [4.69, 9.17) is 4.74 Å². The number of aldehydes is 1. The maximum Gasteiger partial charge on any atom is 0.330 e. The van der Waals surface area contributed by atoms with Crippen LogP contribution < -0.4 is 0 Å². The van der Waals surface area contributed by atoms with Crippen molar-refractivity contribution in [2.24, 2.45) is 0 Å². The van der Waals surface area contributed by atoms with Crippen molar-refractivity contribution < 1.29 is 14.3 Å². The SMILES string of the molecule is CCOC(=O)C=Cc1c(C=O)ccc2ccccc12. The van der Waals surface area contributed by atoms with Crippen LogP contribution in [0.25, 0.3) is 16.8 Å². The molecular weight excluding hydrogens is 240 g/mol. The molecule has 0 N–H and O–H groups in total. The van der Waals surface area contributed by atoms with Crippen LogP contribution in [-0.2, 0) is 9.53 Å². The summed E-state index contributed by atoms with van der Waals surface area (Å²) >= 11 is 0. The molecule has 0 saturated heterocycles. The van der Waals surface area contributed by atoms with Gasteiger partial charge >= 0.3 is 5.97 Å². The van der Waals surface area contributed by atoms with Crippen molar-refractivity contribution in [2.45, 2.75) is 6.92 Å². The van der Waals surface area contributed by atoms with Crippen LogP contribution in [0.5, 0.6) is 0 Å². The molecule has 2 aromatic carbocycles. The van der Waals surface area contributed by atoms with Gasteiger partial charge in [-0.15, -0.1) is 0 Å². The molecule has 0 aromatic heterocycles. The lowest BCUT2D eigenvalue weighted by molar-refractivity contribution is -0.137. The normalized spacial score (nSPS) is 10.8. The van der Waals surface area contributed by atoms with Gasteiger partial charge in [-0.25, -0.2) is 4.79 Å². The molecule has 0 aliphatic rings. The second-order valence-corrected chi connectivity index (χ2v) is 3.99. The highest BCUT2D eigenvalue weighted by Crippen LogP contribution is 2.23. The van der Waals surface area contributed by atoms with Crippen LogP contribution in [-0.4, -0.2) is 18.9 Å². The molecule has 2 aromatic rings. The van der Waals surface area contributed by atoms with Crippen molar-refractivity contribution in [3.63, 3.8) is 0 Å². The molecule has 19 heavy (non-hydrogen) atoms. The van der Waals surface area contributed by atoms with Gasteiger partial charge in [-0.2, -0.15) is 0 Å². The van der Waals surface area contributed by atoms with Gasteiger partial charge in [0.25, 0.3) is 0 Å². The Morgan fingerprint density at radius 3 is 2.74 bits per heavy atom. The summed E-state index contributed by atoms with van der Waals surface area (Å²) < 4.78 is 4.84. The van der Waals surface area contributed by atoms with E-state index in [0.717, 1.165) is 22.6 Å². The summed E-state index contributed by atoms with van der Waals surface area (Å²) in [5.74, 6) is -0.410. The Bertz CT molecular complexity index is 641. The highest BCUT2D eigenvalue weighted by molar-refractivity contribution is 6.00. The lowest BCUT2D eigenvalue weighted by atomic mass is 9.99. The highest BCUT2D eigenvalue weighted by Gasteiger charge is 2.05. The molecule has 0 fully saturated rings. The number of carbonyl (C=O) groups is 2. The third kappa shape index (κ3) is 2.88. The molecule has 0 saturated carbocycles. The van der Waals surface area contributed by atoms with Crippen molar-refractivity contribution in [1.82, 2.24) is 0 Å². The molecule has 2 rings (SSSR count). The van der Waals surface area contributed by atoms with E-state index in [1.54, 1.807) is 19.1 Å². The number of esters is 1. The van der Waals surface area contributed by atoms with Gasteiger partial charge in [0, 0.05) is 11.6 Å². The number of carbonyl (C=O) groups excluding carboxylic acids is 2. The van der Waals surface area contributed by atoms with Gasteiger partial charge in [0.1, 0.15) is 0 Å². The van der Waals surface area contributed by atoms with E-state index in [-0.39, 0.29) is 0 Å². The minimum Gasteiger partial charge on any atom is -0.463 e. The predicted molar refractivity (Wildman–Crippen MR) is 75.0 cm³/mol. The lowest BCUT2D eigenvalue weighted by Gasteiger charge is -2.05. The first kappa shape index (κ1) is 13.0. The zero-order valence-electron chi connectivity index (χ0n) is 10.6. The Labute approximate surface area is 111 Å². The second kappa shape index (κ2) is 5.96. The van der Waals surface area contributed by atoms with Crippen LogP contribution in [0.1, 0.15) is 22.8 Å². The Hall–Kier alpha value is -2.42.